The molecule has 0 aromatic rings. The van der Waals surface area contributed by atoms with Gasteiger partial charge in [-0.05, 0) is 0 Å². The Morgan fingerprint density at radius 1 is 1.57 bits per heavy atom. The van der Waals surface area contributed by atoms with Crippen molar-refractivity contribution in [3.63, 3.8) is 0 Å². The number of aliphatic carboxylic acids is 1. The highest BCUT2D eigenvalue weighted by Crippen LogP contribution is 2.07. The second kappa shape index (κ2) is 4.92. The van der Waals surface area contributed by atoms with Gasteiger partial charge in [-0.3, -0.25) is 9.59 Å². The molecule has 0 radical (unpaired) electrons. The minimum atomic E-state index is -1.16. The predicted octanol–water partition coefficient (Wildman–Crippen LogP) is -1.45. The molecule has 1 atom stereocenters. The minimum Gasteiger partial charge on any atom is -0.480 e. The molecule has 0 bridgehead atoms. The molecule has 1 aliphatic rings. The third kappa shape index (κ3) is 3.31. The molecule has 6 nitrogen and oxygen atoms in total. The van der Waals surface area contributed by atoms with Crippen LogP contribution in [-0.4, -0.2) is 42.8 Å². The molecule has 1 aliphatic heterocycles. The Morgan fingerprint density at radius 2 is 2.21 bits per heavy atom. The summed E-state index contributed by atoms with van der Waals surface area (Å²) in [6, 6.07) is -1.12. The molecule has 14 heavy (non-hydrogen) atoms. The van der Waals surface area contributed by atoms with E-state index in [1.54, 1.807) is 0 Å². The van der Waals surface area contributed by atoms with E-state index in [9.17, 15) is 9.59 Å². The predicted molar refractivity (Wildman–Crippen MR) is 47.5 cm³/mol. The zero-order valence-electron chi connectivity index (χ0n) is 7.73. The molecule has 4 N–H and O–H groups in total. The first-order valence-electron chi connectivity index (χ1n) is 4.42. The van der Waals surface area contributed by atoms with Crippen molar-refractivity contribution in [1.29, 1.82) is 0 Å². The second-order valence-corrected chi connectivity index (χ2v) is 3.36. The van der Waals surface area contributed by atoms with Crippen molar-refractivity contribution in [2.24, 2.45) is 11.7 Å². The van der Waals surface area contributed by atoms with Crippen LogP contribution in [0.3, 0.4) is 0 Å². The van der Waals surface area contributed by atoms with Crippen molar-refractivity contribution in [3.05, 3.63) is 0 Å². The average Bonchev–Trinajstić information content (AvgIpc) is 2.00. The van der Waals surface area contributed by atoms with Crippen LogP contribution in [0.4, 0.5) is 0 Å². The highest BCUT2D eigenvalue weighted by molar-refractivity contribution is 5.84. The van der Waals surface area contributed by atoms with Gasteiger partial charge in [0.2, 0.25) is 5.91 Å². The zero-order chi connectivity index (χ0) is 10.6. The van der Waals surface area contributed by atoms with Crippen LogP contribution in [0, 0.1) is 5.92 Å². The van der Waals surface area contributed by atoms with Crippen LogP contribution in [0.25, 0.3) is 0 Å². The first-order chi connectivity index (χ1) is 6.59. The van der Waals surface area contributed by atoms with E-state index in [1.807, 2.05) is 0 Å². The van der Waals surface area contributed by atoms with E-state index in [2.05, 4.69) is 5.32 Å². The van der Waals surface area contributed by atoms with Crippen LogP contribution in [-0.2, 0) is 14.3 Å². The Bertz CT molecular complexity index is 227. The molecule has 1 fully saturated rings. The smallest absolute Gasteiger partial charge is 0.321 e. The molecule has 0 unspecified atom stereocenters. The third-order valence-corrected chi connectivity index (χ3v) is 2.02. The van der Waals surface area contributed by atoms with Gasteiger partial charge in [-0.15, -0.1) is 0 Å². The molecule has 0 aromatic heterocycles. The fourth-order valence-electron chi connectivity index (χ4n) is 1.02. The number of carbonyl (C=O) groups is 2. The summed E-state index contributed by atoms with van der Waals surface area (Å²) in [4.78, 5) is 21.4. The first-order valence-corrected chi connectivity index (χ1v) is 4.42. The summed E-state index contributed by atoms with van der Waals surface area (Å²) in [6.45, 7) is 1.85. The lowest BCUT2D eigenvalue weighted by atomic mass is 10.1. The summed E-state index contributed by atoms with van der Waals surface area (Å²) in [7, 11) is 0. The monoisotopic (exact) mass is 202 g/mol. The zero-order valence-corrected chi connectivity index (χ0v) is 7.73. The fourth-order valence-corrected chi connectivity index (χ4v) is 1.02. The number of ether oxygens (including phenoxy) is 1. The number of nitrogens with one attached hydrogen (secondary N) is 1. The lowest BCUT2D eigenvalue weighted by molar-refractivity contribution is -0.140. The number of hydrogen-bond acceptors (Lipinski definition) is 4. The summed E-state index contributed by atoms with van der Waals surface area (Å²) in [5, 5.41) is 11.0. The topological polar surface area (TPSA) is 102 Å². The van der Waals surface area contributed by atoms with Gasteiger partial charge in [0.05, 0.1) is 19.6 Å². The standard InChI is InChI=1S/C8H14N2O4/c9-6(8(12)13)1-7(11)10-2-5-3-14-4-5/h5-6H,1-4,9H2,(H,10,11)(H,12,13)/t6-/m0/s1. The molecule has 0 aromatic carbocycles. The van der Waals surface area contributed by atoms with E-state index >= 15 is 0 Å². The van der Waals surface area contributed by atoms with Gasteiger partial charge < -0.3 is 20.9 Å². The van der Waals surface area contributed by atoms with Crippen molar-refractivity contribution in [2.75, 3.05) is 19.8 Å². The van der Waals surface area contributed by atoms with E-state index < -0.39 is 12.0 Å². The van der Waals surface area contributed by atoms with Crippen LogP contribution in [0.2, 0.25) is 0 Å². The van der Waals surface area contributed by atoms with Crippen molar-refractivity contribution < 1.29 is 19.4 Å². The Kier molecular flexibility index (Phi) is 3.84. The molecule has 0 aliphatic carbocycles. The van der Waals surface area contributed by atoms with Crippen LogP contribution in [0.5, 0.6) is 0 Å². The van der Waals surface area contributed by atoms with Crippen molar-refractivity contribution in [3.8, 4) is 0 Å². The van der Waals surface area contributed by atoms with E-state index in [4.69, 9.17) is 15.6 Å². The molecule has 1 amide bonds. The minimum absolute atomic E-state index is 0.178. The number of carboxylic acid groups (broad SMARTS) is 1. The summed E-state index contributed by atoms with van der Waals surface area (Å²) >= 11 is 0. The van der Waals surface area contributed by atoms with Gasteiger partial charge in [0.1, 0.15) is 6.04 Å². The van der Waals surface area contributed by atoms with Crippen LogP contribution in [0.1, 0.15) is 6.42 Å². The fraction of sp³-hybridized carbons (Fsp3) is 0.750. The van der Waals surface area contributed by atoms with E-state index in [0.29, 0.717) is 25.7 Å². The Labute approximate surface area is 81.4 Å². The van der Waals surface area contributed by atoms with Gasteiger partial charge in [0, 0.05) is 12.5 Å². The molecule has 1 heterocycles. The lowest BCUT2D eigenvalue weighted by Crippen LogP contribution is -2.42. The molecule has 0 saturated carbocycles. The summed E-state index contributed by atoms with van der Waals surface area (Å²) < 4.78 is 4.92. The number of rotatable bonds is 5. The number of carboxylic acids is 1. The number of carbonyl (C=O) groups excluding carboxylic acids is 1. The van der Waals surface area contributed by atoms with Crippen LogP contribution < -0.4 is 11.1 Å². The Balaban J connectivity index is 2.11. The van der Waals surface area contributed by atoms with Gasteiger partial charge in [0.25, 0.3) is 0 Å². The summed E-state index contributed by atoms with van der Waals surface area (Å²) in [5.41, 5.74) is 5.19. The number of amides is 1. The normalized spacial score (nSPS) is 18.4. The molecule has 0 spiro atoms. The van der Waals surface area contributed by atoms with Gasteiger partial charge in [-0.2, -0.15) is 0 Å². The SMILES string of the molecule is N[C@@H](CC(=O)NCC1COC1)C(=O)O. The maximum Gasteiger partial charge on any atom is 0.321 e. The average molecular weight is 202 g/mol. The van der Waals surface area contributed by atoms with Crippen molar-refractivity contribution in [2.45, 2.75) is 12.5 Å². The highest BCUT2D eigenvalue weighted by atomic mass is 16.5. The summed E-state index contributed by atoms with van der Waals surface area (Å²) in [5.74, 6) is -1.13. The maximum absolute atomic E-state index is 11.1. The molecule has 1 rings (SSSR count). The van der Waals surface area contributed by atoms with Crippen LogP contribution in [0.15, 0.2) is 0 Å². The molecular formula is C8H14N2O4. The Hall–Kier alpha value is -1.14. The first kappa shape index (κ1) is 10.9. The van der Waals surface area contributed by atoms with Gasteiger partial charge in [-0.25, -0.2) is 0 Å². The molecular weight excluding hydrogens is 188 g/mol. The van der Waals surface area contributed by atoms with Gasteiger partial charge in [0.15, 0.2) is 0 Å². The van der Waals surface area contributed by atoms with E-state index in [-0.39, 0.29) is 12.3 Å². The lowest BCUT2D eigenvalue weighted by Gasteiger charge is -2.26. The second-order valence-electron chi connectivity index (χ2n) is 3.36. The third-order valence-electron chi connectivity index (χ3n) is 2.02. The number of nitrogens with two attached hydrogens (primary N) is 1. The summed E-state index contributed by atoms with van der Waals surface area (Å²) in [6.07, 6.45) is -0.178. The van der Waals surface area contributed by atoms with Crippen molar-refractivity contribution >= 4 is 11.9 Å². The largest absolute Gasteiger partial charge is 0.480 e. The quantitative estimate of drug-likeness (QED) is 0.506. The van der Waals surface area contributed by atoms with Crippen molar-refractivity contribution in [1.82, 2.24) is 5.32 Å². The van der Waals surface area contributed by atoms with Gasteiger partial charge >= 0.3 is 5.97 Å². The van der Waals surface area contributed by atoms with E-state index in [0.717, 1.165) is 0 Å². The van der Waals surface area contributed by atoms with Crippen LogP contribution >= 0.6 is 0 Å². The molecule has 1 saturated heterocycles. The number of hydrogen-bond donors (Lipinski definition) is 3. The molecule has 6 heteroatoms. The maximum atomic E-state index is 11.1. The van der Waals surface area contributed by atoms with E-state index in [1.165, 1.54) is 0 Å². The Morgan fingerprint density at radius 3 is 2.64 bits per heavy atom. The van der Waals surface area contributed by atoms with Gasteiger partial charge in [-0.1, -0.05) is 0 Å². The molecule has 80 valence electrons. The highest BCUT2D eigenvalue weighted by Gasteiger charge is 2.20.